The van der Waals surface area contributed by atoms with Gasteiger partial charge in [0.15, 0.2) is 0 Å². The minimum absolute atomic E-state index is 0.154. The van der Waals surface area contributed by atoms with Gasteiger partial charge in [-0.25, -0.2) is 4.39 Å². The first-order chi connectivity index (χ1) is 11.0. The lowest BCUT2D eigenvalue weighted by molar-refractivity contribution is -0.141. The molecule has 0 spiro atoms. The monoisotopic (exact) mass is 321 g/mol. The number of carbonyl (C=O) groups is 2. The highest BCUT2D eigenvalue weighted by Gasteiger charge is 2.31. The first kappa shape index (κ1) is 15.9. The van der Waals surface area contributed by atoms with Gasteiger partial charge in [-0.1, -0.05) is 0 Å². The Morgan fingerprint density at radius 3 is 2.74 bits per heavy atom. The molecule has 1 aliphatic heterocycles. The third-order valence-corrected chi connectivity index (χ3v) is 4.43. The number of nitrogens with zero attached hydrogens (tertiary/aromatic N) is 1. The lowest BCUT2D eigenvalue weighted by Crippen LogP contribution is -2.30. The second-order valence-electron chi connectivity index (χ2n) is 6.34. The lowest BCUT2D eigenvalue weighted by atomic mass is 10.1. The van der Waals surface area contributed by atoms with Crippen molar-refractivity contribution in [3.63, 3.8) is 0 Å². The van der Waals surface area contributed by atoms with Gasteiger partial charge in [-0.3, -0.25) is 9.59 Å². The first-order valence-corrected chi connectivity index (χ1v) is 7.93. The van der Waals surface area contributed by atoms with Crippen molar-refractivity contribution in [2.75, 3.05) is 19.7 Å². The number of aliphatic carboxylic acids is 1. The Bertz CT molecular complexity index is 615. The predicted molar refractivity (Wildman–Crippen MR) is 80.4 cm³/mol. The minimum Gasteiger partial charge on any atom is -0.481 e. The molecule has 0 bridgehead atoms. The topological polar surface area (TPSA) is 66.8 Å². The van der Waals surface area contributed by atoms with Gasteiger partial charge in [-0.15, -0.1) is 0 Å². The van der Waals surface area contributed by atoms with E-state index in [1.54, 1.807) is 0 Å². The van der Waals surface area contributed by atoms with Gasteiger partial charge in [0, 0.05) is 30.8 Å². The largest absolute Gasteiger partial charge is 0.481 e. The van der Waals surface area contributed by atoms with E-state index < -0.39 is 11.9 Å². The van der Waals surface area contributed by atoms with Crippen LogP contribution in [0.4, 0.5) is 4.39 Å². The van der Waals surface area contributed by atoms with Gasteiger partial charge < -0.3 is 14.7 Å². The number of carboxylic acid groups (broad SMARTS) is 1. The van der Waals surface area contributed by atoms with Gasteiger partial charge >= 0.3 is 5.97 Å². The van der Waals surface area contributed by atoms with E-state index in [1.807, 2.05) is 0 Å². The Labute approximate surface area is 134 Å². The fourth-order valence-electron chi connectivity index (χ4n) is 2.77. The van der Waals surface area contributed by atoms with Crippen LogP contribution in [0.15, 0.2) is 18.2 Å². The molecule has 0 aromatic heterocycles. The van der Waals surface area contributed by atoms with Crippen LogP contribution in [0.25, 0.3) is 0 Å². The van der Waals surface area contributed by atoms with E-state index in [4.69, 9.17) is 9.84 Å². The molecular formula is C17H20FNO4. The molecule has 6 heteroatoms. The summed E-state index contributed by atoms with van der Waals surface area (Å²) < 4.78 is 19.3. The van der Waals surface area contributed by atoms with Crippen molar-refractivity contribution in [1.82, 2.24) is 4.90 Å². The highest BCUT2D eigenvalue weighted by molar-refractivity contribution is 5.95. The number of likely N-dealkylation sites (tertiary alicyclic amines) is 1. The SMILES string of the molecule is O=C(O)[C@@H]1CCN(C(=O)c2ccc(F)c(COCC3CC3)c2)C1. The van der Waals surface area contributed by atoms with Gasteiger partial charge in [-0.2, -0.15) is 0 Å². The Morgan fingerprint density at radius 2 is 2.09 bits per heavy atom. The summed E-state index contributed by atoms with van der Waals surface area (Å²) in [5.74, 6) is -1.44. The van der Waals surface area contributed by atoms with Gasteiger partial charge in [0.1, 0.15) is 5.82 Å². The maximum atomic E-state index is 13.8. The summed E-state index contributed by atoms with van der Waals surface area (Å²) in [5.41, 5.74) is 0.743. The number of benzene rings is 1. The predicted octanol–water partition coefficient (Wildman–Crippen LogP) is 2.30. The van der Waals surface area contributed by atoms with E-state index in [0.717, 1.165) is 0 Å². The van der Waals surface area contributed by atoms with E-state index >= 15 is 0 Å². The van der Waals surface area contributed by atoms with E-state index in [2.05, 4.69) is 0 Å². The Balaban J connectivity index is 1.64. The number of amides is 1. The normalized spacial score (nSPS) is 20.7. The number of hydrogen-bond acceptors (Lipinski definition) is 3. The van der Waals surface area contributed by atoms with Crippen LogP contribution >= 0.6 is 0 Å². The molecule has 1 saturated carbocycles. The molecule has 3 rings (SSSR count). The van der Waals surface area contributed by atoms with Crippen LogP contribution < -0.4 is 0 Å². The fraction of sp³-hybridized carbons (Fsp3) is 0.529. The number of hydrogen-bond donors (Lipinski definition) is 1. The zero-order valence-corrected chi connectivity index (χ0v) is 12.8. The molecule has 1 amide bonds. The van der Waals surface area contributed by atoms with Crippen molar-refractivity contribution in [3.8, 4) is 0 Å². The summed E-state index contributed by atoms with van der Waals surface area (Å²) in [6.45, 7) is 1.41. The van der Waals surface area contributed by atoms with Gasteiger partial charge in [0.25, 0.3) is 5.91 Å². The fourth-order valence-corrected chi connectivity index (χ4v) is 2.77. The third-order valence-electron chi connectivity index (χ3n) is 4.43. The van der Waals surface area contributed by atoms with E-state index in [0.29, 0.717) is 36.6 Å². The molecule has 1 atom stereocenters. The molecule has 2 aliphatic rings. The van der Waals surface area contributed by atoms with Crippen molar-refractivity contribution in [1.29, 1.82) is 0 Å². The zero-order valence-electron chi connectivity index (χ0n) is 12.8. The number of ether oxygens (including phenoxy) is 1. The number of halogens is 1. The summed E-state index contributed by atoms with van der Waals surface area (Å²) in [6, 6.07) is 4.22. The van der Waals surface area contributed by atoms with E-state index in [-0.39, 0.29) is 24.9 Å². The molecule has 1 saturated heterocycles. The summed E-state index contributed by atoms with van der Waals surface area (Å²) in [4.78, 5) is 24.9. The third kappa shape index (κ3) is 3.88. The van der Waals surface area contributed by atoms with Crippen LogP contribution in [0.2, 0.25) is 0 Å². The van der Waals surface area contributed by atoms with Crippen LogP contribution in [0, 0.1) is 17.7 Å². The standard InChI is InChI=1S/C17H20FNO4/c18-15-4-3-12(7-14(15)10-23-9-11-1-2-11)16(20)19-6-5-13(8-19)17(21)22/h3-4,7,11,13H,1-2,5-6,8-10H2,(H,21,22)/t13-/m1/s1. The van der Waals surface area contributed by atoms with Crippen LogP contribution in [0.5, 0.6) is 0 Å². The maximum Gasteiger partial charge on any atom is 0.308 e. The van der Waals surface area contributed by atoms with Crippen LogP contribution in [0.1, 0.15) is 35.2 Å². The van der Waals surface area contributed by atoms with Gasteiger partial charge in [0.2, 0.25) is 0 Å². The molecular weight excluding hydrogens is 301 g/mol. The van der Waals surface area contributed by atoms with Crippen molar-refractivity contribution < 1.29 is 23.8 Å². The molecule has 124 valence electrons. The lowest BCUT2D eigenvalue weighted by Gasteiger charge is -2.16. The summed E-state index contributed by atoms with van der Waals surface area (Å²) in [7, 11) is 0. The number of carbonyl (C=O) groups excluding carboxylic acids is 1. The summed E-state index contributed by atoms with van der Waals surface area (Å²) >= 11 is 0. The highest BCUT2D eigenvalue weighted by Crippen LogP contribution is 2.29. The molecule has 2 fully saturated rings. The van der Waals surface area contributed by atoms with Crippen molar-refractivity contribution in [2.24, 2.45) is 11.8 Å². The van der Waals surface area contributed by atoms with Gasteiger partial charge in [0.05, 0.1) is 12.5 Å². The summed E-state index contributed by atoms with van der Waals surface area (Å²) in [5, 5.41) is 9.01. The van der Waals surface area contributed by atoms with Gasteiger partial charge in [-0.05, 0) is 43.4 Å². The Kier molecular flexibility index (Phi) is 4.61. The highest BCUT2D eigenvalue weighted by atomic mass is 19.1. The molecule has 23 heavy (non-hydrogen) atoms. The smallest absolute Gasteiger partial charge is 0.308 e. The molecule has 1 aromatic rings. The second kappa shape index (κ2) is 6.66. The molecule has 1 aliphatic carbocycles. The Hall–Kier alpha value is -1.95. The minimum atomic E-state index is -0.881. The molecule has 5 nitrogen and oxygen atoms in total. The molecule has 1 N–H and O–H groups in total. The zero-order chi connectivity index (χ0) is 16.4. The average Bonchev–Trinajstić information content (AvgIpc) is 3.21. The Morgan fingerprint density at radius 1 is 1.30 bits per heavy atom. The number of rotatable bonds is 6. The molecule has 0 unspecified atom stereocenters. The second-order valence-corrected chi connectivity index (χ2v) is 6.34. The molecule has 0 radical (unpaired) electrons. The van der Waals surface area contributed by atoms with Crippen molar-refractivity contribution in [3.05, 3.63) is 35.1 Å². The van der Waals surface area contributed by atoms with E-state index in [9.17, 15) is 14.0 Å². The van der Waals surface area contributed by atoms with Crippen LogP contribution in [-0.2, 0) is 16.1 Å². The van der Waals surface area contributed by atoms with Crippen molar-refractivity contribution >= 4 is 11.9 Å². The quantitative estimate of drug-likeness (QED) is 0.873. The molecule has 1 aromatic carbocycles. The average molecular weight is 321 g/mol. The maximum absolute atomic E-state index is 13.8. The van der Waals surface area contributed by atoms with E-state index in [1.165, 1.54) is 35.9 Å². The number of carboxylic acids is 1. The van der Waals surface area contributed by atoms with Crippen LogP contribution in [-0.4, -0.2) is 41.6 Å². The summed E-state index contributed by atoms with van der Waals surface area (Å²) in [6.07, 6.45) is 2.79. The van der Waals surface area contributed by atoms with Crippen LogP contribution in [0.3, 0.4) is 0 Å². The van der Waals surface area contributed by atoms with Crippen molar-refractivity contribution in [2.45, 2.75) is 25.9 Å². The first-order valence-electron chi connectivity index (χ1n) is 7.93. The molecule has 1 heterocycles.